The molecule has 0 saturated carbocycles. The van der Waals surface area contributed by atoms with Crippen molar-refractivity contribution < 1.29 is 4.79 Å². The normalized spacial score (nSPS) is 16.0. The fourth-order valence-electron chi connectivity index (χ4n) is 3.51. The second-order valence-electron chi connectivity index (χ2n) is 7.49. The summed E-state index contributed by atoms with van der Waals surface area (Å²) in [7, 11) is 0. The Hall–Kier alpha value is -2.13. The number of piperazine rings is 1. The third kappa shape index (κ3) is 3.93. The highest BCUT2D eigenvalue weighted by Gasteiger charge is 2.34. The van der Waals surface area contributed by atoms with Crippen LogP contribution >= 0.6 is 0 Å². The van der Waals surface area contributed by atoms with E-state index >= 15 is 0 Å². The van der Waals surface area contributed by atoms with Crippen molar-refractivity contribution in [2.45, 2.75) is 32.7 Å². The molecule has 1 amide bonds. The molecule has 1 heterocycles. The highest BCUT2D eigenvalue weighted by atomic mass is 16.2. The predicted octanol–water partition coefficient (Wildman–Crippen LogP) is 3.62. The van der Waals surface area contributed by atoms with Crippen molar-refractivity contribution in [3.63, 3.8) is 0 Å². The summed E-state index contributed by atoms with van der Waals surface area (Å²) in [6.07, 6.45) is 0. The molecule has 1 fully saturated rings. The van der Waals surface area contributed by atoms with Gasteiger partial charge in [-0.05, 0) is 37.5 Å². The van der Waals surface area contributed by atoms with Gasteiger partial charge in [-0.15, -0.1) is 0 Å². The van der Waals surface area contributed by atoms with Crippen LogP contribution in [0, 0.1) is 6.92 Å². The molecule has 0 atom stereocenters. The first-order chi connectivity index (χ1) is 12.0. The summed E-state index contributed by atoms with van der Waals surface area (Å²) >= 11 is 0. The Morgan fingerprint density at radius 1 is 0.920 bits per heavy atom. The Morgan fingerprint density at radius 3 is 2.16 bits per heavy atom. The van der Waals surface area contributed by atoms with Gasteiger partial charge in [0, 0.05) is 32.7 Å². The molecule has 0 aliphatic carbocycles. The van der Waals surface area contributed by atoms with Gasteiger partial charge in [0.2, 0.25) is 5.91 Å². The minimum atomic E-state index is -0.473. The maximum Gasteiger partial charge on any atom is 0.232 e. The van der Waals surface area contributed by atoms with Crippen molar-refractivity contribution >= 4 is 5.91 Å². The average molecular weight is 336 g/mol. The molecule has 25 heavy (non-hydrogen) atoms. The molecule has 132 valence electrons. The number of benzene rings is 2. The summed E-state index contributed by atoms with van der Waals surface area (Å²) < 4.78 is 0. The minimum absolute atomic E-state index is 0.231. The Kier molecular flexibility index (Phi) is 5.24. The SMILES string of the molecule is Cc1ccccc1CN1CCN(C(=O)C(C)(C)c2ccccc2)CC1. The molecule has 1 saturated heterocycles. The smallest absolute Gasteiger partial charge is 0.232 e. The van der Waals surface area contributed by atoms with Crippen molar-refractivity contribution in [1.82, 2.24) is 9.80 Å². The molecule has 0 radical (unpaired) electrons. The van der Waals surface area contributed by atoms with Crippen molar-refractivity contribution in [2.75, 3.05) is 26.2 Å². The van der Waals surface area contributed by atoms with Crippen LogP contribution in [0.4, 0.5) is 0 Å². The Balaban J connectivity index is 1.60. The molecule has 0 spiro atoms. The van der Waals surface area contributed by atoms with Crippen molar-refractivity contribution in [2.24, 2.45) is 0 Å². The number of amides is 1. The molecule has 0 aromatic heterocycles. The third-order valence-corrected chi connectivity index (χ3v) is 5.34. The third-order valence-electron chi connectivity index (χ3n) is 5.34. The maximum absolute atomic E-state index is 13.0. The van der Waals surface area contributed by atoms with E-state index in [1.54, 1.807) is 0 Å². The van der Waals surface area contributed by atoms with E-state index in [0.717, 1.165) is 38.3 Å². The first-order valence-electron chi connectivity index (χ1n) is 9.10. The van der Waals surface area contributed by atoms with Gasteiger partial charge >= 0.3 is 0 Å². The highest BCUT2D eigenvalue weighted by molar-refractivity contribution is 5.87. The van der Waals surface area contributed by atoms with E-state index in [-0.39, 0.29) is 5.91 Å². The Bertz CT molecular complexity index is 716. The molecule has 3 heteroatoms. The second-order valence-corrected chi connectivity index (χ2v) is 7.49. The van der Waals surface area contributed by atoms with E-state index in [1.807, 2.05) is 49.1 Å². The van der Waals surface area contributed by atoms with Crippen LogP contribution in [0.25, 0.3) is 0 Å². The van der Waals surface area contributed by atoms with Gasteiger partial charge in [-0.2, -0.15) is 0 Å². The summed E-state index contributed by atoms with van der Waals surface area (Å²) in [5.41, 5.74) is 3.33. The molecule has 3 rings (SSSR count). The van der Waals surface area contributed by atoms with E-state index in [4.69, 9.17) is 0 Å². The predicted molar refractivity (Wildman–Crippen MR) is 103 cm³/mol. The van der Waals surface area contributed by atoms with E-state index in [2.05, 4.69) is 36.1 Å². The van der Waals surface area contributed by atoms with Gasteiger partial charge in [0.05, 0.1) is 5.41 Å². The lowest BCUT2D eigenvalue weighted by atomic mass is 9.83. The molecule has 1 aliphatic heterocycles. The lowest BCUT2D eigenvalue weighted by molar-refractivity contribution is -0.138. The van der Waals surface area contributed by atoms with Gasteiger partial charge in [-0.1, -0.05) is 54.6 Å². The van der Waals surface area contributed by atoms with Gasteiger partial charge in [-0.3, -0.25) is 9.69 Å². The number of hydrogen-bond acceptors (Lipinski definition) is 2. The Labute approximate surface area is 151 Å². The first kappa shape index (κ1) is 17.7. The first-order valence-corrected chi connectivity index (χ1v) is 9.10. The maximum atomic E-state index is 13.0. The van der Waals surface area contributed by atoms with Crippen LogP contribution < -0.4 is 0 Å². The van der Waals surface area contributed by atoms with Crippen LogP contribution in [-0.4, -0.2) is 41.9 Å². The monoisotopic (exact) mass is 336 g/mol. The van der Waals surface area contributed by atoms with E-state index in [9.17, 15) is 4.79 Å². The number of carbonyl (C=O) groups excluding carboxylic acids is 1. The fraction of sp³-hybridized carbons (Fsp3) is 0.409. The average Bonchev–Trinajstić information content (AvgIpc) is 2.64. The molecule has 3 nitrogen and oxygen atoms in total. The van der Waals surface area contributed by atoms with Gasteiger partial charge in [-0.25, -0.2) is 0 Å². The quantitative estimate of drug-likeness (QED) is 0.851. The largest absolute Gasteiger partial charge is 0.339 e. The van der Waals surface area contributed by atoms with E-state index in [1.165, 1.54) is 11.1 Å². The molecule has 0 N–H and O–H groups in total. The fourth-order valence-corrected chi connectivity index (χ4v) is 3.51. The van der Waals surface area contributed by atoms with Gasteiger partial charge in [0.25, 0.3) is 0 Å². The summed E-state index contributed by atoms with van der Waals surface area (Å²) in [4.78, 5) is 17.5. The van der Waals surface area contributed by atoms with E-state index in [0.29, 0.717) is 0 Å². The topological polar surface area (TPSA) is 23.6 Å². The van der Waals surface area contributed by atoms with Crippen molar-refractivity contribution in [1.29, 1.82) is 0 Å². The summed E-state index contributed by atoms with van der Waals surface area (Å²) in [6.45, 7) is 10.7. The molecule has 0 unspecified atom stereocenters. The number of carbonyl (C=O) groups is 1. The number of hydrogen-bond donors (Lipinski definition) is 0. The minimum Gasteiger partial charge on any atom is -0.339 e. The lowest BCUT2D eigenvalue weighted by Gasteiger charge is -2.39. The van der Waals surface area contributed by atoms with Crippen LogP contribution in [-0.2, 0) is 16.8 Å². The van der Waals surface area contributed by atoms with Gasteiger partial charge in [0.1, 0.15) is 0 Å². The van der Waals surface area contributed by atoms with E-state index < -0.39 is 5.41 Å². The number of nitrogens with zero attached hydrogens (tertiary/aromatic N) is 2. The number of aryl methyl sites for hydroxylation is 1. The lowest BCUT2D eigenvalue weighted by Crippen LogP contribution is -2.52. The standard InChI is InChI=1S/C22H28N2O/c1-18-9-7-8-10-19(18)17-23-13-15-24(16-14-23)21(25)22(2,3)20-11-5-4-6-12-20/h4-12H,13-17H2,1-3H3. The van der Waals surface area contributed by atoms with Crippen LogP contribution in [0.15, 0.2) is 54.6 Å². The molecule has 2 aromatic carbocycles. The van der Waals surface area contributed by atoms with Gasteiger partial charge < -0.3 is 4.90 Å². The Morgan fingerprint density at radius 2 is 1.52 bits per heavy atom. The number of rotatable bonds is 4. The summed E-state index contributed by atoms with van der Waals surface area (Å²) in [5.74, 6) is 0.231. The zero-order valence-electron chi connectivity index (χ0n) is 15.5. The highest BCUT2D eigenvalue weighted by Crippen LogP contribution is 2.26. The van der Waals surface area contributed by atoms with Crippen molar-refractivity contribution in [3.8, 4) is 0 Å². The van der Waals surface area contributed by atoms with Crippen LogP contribution in [0.1, 0.15) is 30.5 Å². The summed E-state index contributed by atoms with van der Waals surface area (Å²) in [5, 5.41) is 0. The van der Waals surface area contributed by atoms with Gasteiger partial charge in [0.15, 0.2) is 0 Å². The molecule has 0 bridgehead atoms. The zero-order valence-corrected chi connectivity index (χ0v) is 15.5. The second kappa shape index (κ2) is 7.40. The van der Waals surface area contributed by atoms with Crippen LogP contribution in [0.3, 0.4) is 0 Å². The summed E-state index contributed by atoms with van der Waals surface area (Å²) in [6, 6.07) is 18.6. The zero-order chi connectivity index (χ0) is 17.9. The molecule has 2 aromatic rings. The molecular formula is C22H28N2O. The molecule has 1 aliphatic rings. The van der Waals surface area contributed by atoms with Crippen LogP contribution in [0.5, 0.6) is 0 Å². The van der Waals surface area contributed by atoms with Crippen molar-refractivity contribution in [3.05, 3.63) is 71.3 Å². The molecular weight excluding hydrogens is 308 g/mol. The van der Waals surface area contributed by atoms with Crippen LogP contribution in [0.2, 0.25) is 0 Å².